The van der Waals surface area contributed by atoms with Crippen molar-refractivity contribution in [3.8, 4) is 0 Å². The van der Waals surface area contributed by atoms with Gasteiger partial charge in [-0.3, -0.25) is 0 Å². The van der Waals surface area contributed by atoms with Crippen molar-refractivity contribution < 1.29 is 8.42 Å². The molecule has 1 aromatic heterocycles. The molecular weight excluding hydrogens is 326 g/mol. The average molecular weight is 348 g/mol. The smallest absolute Gasteiger partial charge is 0.223 e. The van der Waals surface area contributed by atoms with E-state index in [0.29, 0.717) is 17.0 Å². The molecule has 0 saturated heterocycles. The third kappa shape index (κ3) is 4.44. The molecule has 0 aliphatic heterocycles. The third-order valence-electron chi connectivity index (χ3n) is 4.19. The Morgan fingerprint density at radius 1 is 1.36 bits per heavy atom. The largest absolute Gasteiger partial charge is 0.368 e. The number of halogens is 1. The normalized spacial score (nSPS) is 22.5. The Balaban J connectivity index is 1.96. The number of sulfonamides is 1. The summed E-state index contributed by atoms with van der Waals surface area (Å²) in [4.78, 5) is 10.1. The van der Waals surface area contributed by atoms with Gasteiger partial charge in [0.05, 0.1) is 5.75 Å². The minimum absolute atomic E-state index is 0.156. The molecule has 1 saturated carbocycles. The minimum Gasteiger partial charge on any atom is -0.368 e. The number of hydrogen-bond acceptors (Lipinski definition) is 6. The summed E-state index contributed by atoms with van der Waals surface area (Å²) in [7, 11) is 0.270. The van der Waals surface area contributed by atoms with Crippen LogP contribution in [0.1, 0.15) is 25.7 Å². The molecule has 0 aromatic carbocycles. The summed E-state index contributed by atoms with van der Waals surface area (Å²) in [6, 6.07) is 1.99. The number of nitrogens with one attached hydrogen (secondary N) is 1. The van der Waals surface area contributed by atoms with Gasteiger partial charge in [-0.25, -0.2) is 18.1 Å². The lowest BCUT2D eigenvalue weighted by molar-refractivity contribution is 0.340. The monoisotopic (exact) mass is 347 g/mol. The fraction of sp³-hybridized carbons (Fsp3) is 0.692. The van der Waals surface area contributed by atoms with Crippen LogP contribution in [0.3, 0.4) is 0 Å². The van der Waals surface area contributed by atoms with Crippen LogP contribution in [0.15, 0.2) is 6.07 Å². The Morgan fingerprint density at radius 3 is 2.55 bits per heavy atom. The highest BCUT2D eigenvalue weighted by atomic mass is 35.5. The predicted octanol–water partition coefficient (Wildman–Crippen LogP) is 1.26. The second-order valence-electron chi connectivity index (χ2n) is 5.68. The molecule has 1 fully saturated rings. The first-order chi connectivity index (χ1) is 10.3. The molecule has 2 rings (SSSR count). The van der Waals surface area contributed by atoms with Crippen molar-refractivity contribution in [2.24, 2.45) is 5.92 Å². The highest BCUT2D eigenvalue weighted by molar-refractivity contribution is 7.89. The van der Waals surface area contributed by atoms with Crippen molar-refractivity contribution in [3.05, 3.63) is 11.2 Å². The van der Waals surface area contributed by atoms with Crippen molar-refractivity contribution in [1.29, 1.82) is 0 Å². The molecule has 124 valence electrons. The Bertz CT molecular complexity index is 597. The van der Waals surface area contributed by atoms with E-state index >= 15 is 0 Å². The number of aromatic nitrogens is 2. The number of hydrogen-bond donors (Lipinski definition) is 2. The molecule has 7 nitrogen and oxygen atoms in total. The molecule has 0 spiro atoms. The highest BCUT2D eigenvalue weighted by Crippen LogP contribution is 2.30. The van der Waals surface area contributed by atoms with E-state index in [2.05, 4.69) is 14.7 Å². The first kappa shape index (κ1) is 17.2. The zero-order valence-corrected chi connectivity index (χ0v) is 14.4. The Hall–Kier alpha value is -1.12. The van der Waals surface area contributed by atoms with Crippen LogP contribution >= 0.6 is 11.6 Å². The van der Waals surface area contributed by atoms with Crippen LogP contribution in [0.25, 0.3) is 0 Å². The van der Waals surface area contributed by atoms with Gasteiger partial charge < -0.3 is 10.6 Å². The second-order valence-corrected chi connectivity index (χ2v) is 8.04. The summed E-state index contributed by atoms with van der Waals surface area (Å²) in [6.45, 7) is 0. The molecular formula is C13H22ClN5O2S. The van der Waals surface area contributed by atoms with E-state index in [4.69, 9.17) is 17.3 Å². The summed E-state index contributed by atoms with van der Waals surface area (Å²) < 4.78 is 25.6. The maximum absolute atomic E-state index is 11.6. The summed E-state index contributed by atoms with van der Waals surface area (Å²) in [5.41, 5.74) is 5.63. The lowest BCUT2D eigenvalue weighted by Crippen LogP contribution is -2.38. The van der Waals surface area contributed by atoms with Crippen molar-refractivity contribution in [3.63, 3.8) is 0 Å². The van der Waals surface area contributed by atoms with E-state index in [9.17, 15) is 8.42 Å². The van der Waals surface area contributed by atoms with Gasteiger partial charge in [0.15, 0.2) is 0 Å². The minimum atomic E-state index is -3.14. The SMILES string of the molecule is CNS(=O)(=O)CC1CCC(N(C)c2cc(Cl)nc(N)n2)CC1. The molecule has 22 heavy (non-hydrogen) atoms. The fourth-order valence-corrected chi connectivity index (χ4v) is 4.19. The molecule has 0 amide bonds. The maximum atomic E-state index is 11.6. The van der Waals surface area contributed by atoms with Crippen molar-refractivity contribution in [1.82, 2.24) is 14.7 Å². The summed E-state index contributed by atoms with van der Waals surface area (Å²) in [5, 5.41) is 0.322. The van der Waals surface area contributed by atoms with E-state index < -0.39 is 10.0 Å². The van der Waals surface area contributed by atoms with Gasteiger partial charge in [-0.1, -0.05) is 11.6 Å². The standard InChI is InChI=1S/C13H22ClN5O2S/c1-16-22(20,21)8-9-3-5-10(6-4-9)19(2)12-7-11(14)17-13(15)18-12/h7,9-10,16H,3-6,8H2,1-2H3,(H2,15,17,18). The maximum Gasteiger partial charge on any atom is 0.223 e. The van der Waals surface area contributed by atoms with Gasteiger partial charge in [-0.2, -0.15) is 4.98 Å². The van der Waals surface area contributed by atoms with Crippen molar-refractivity contribution in [2.75, 3.05) is 30.5 Å². The van der Waals surface area contributed by atoms with Crippen LogP contribution in [0.4, 0.5) is 11.8 Å². The fourth-order valence-electron chi connectivity index (χ4n) is 2.88. The van der Waals surface area contributed by atoms with Crippen LogP contribution in [-0.2, 0) is 10.0 Å². The molecule has 1 aliphatic rings. The van der Waals surface area contributed by atoms with Crippen molar-refractivity contribution >= 4 is 33.4 Å². The van der Waals surface area contributed by atoms with E-state index in [-0.39, 0.29) is 17.6 Å². The zero-order chi connectivity index (χ0) is 16.3. The van der Waals surface area contributed by atoms with Crippen LogP contribution in [0.5, 0.6) is 0 Å². The van der Waals surface area contributed by atoms with E-state index in [1.54, 1.807) is 6.07 Å². The molecule has 0 radical (unpaired) electrons. The number of rotatable bonds is 5. The average Bonchev–Trinajstić information content (AvgIpc) is 2.46. The van der Waals surface area contributed by atoms with Crippen LogP contribution in [0, 0.1) is 5.92 Å². The van der Waals surface area contributed by atoms with Gasteiger partial charge in [-0.05, 0) is 38.6 Å². The number of nitrogen functional groups attached to an aromatic ring is 1. The van der Waals surface area contributed by atoms with Gasteiger partial charge in [0.2, 0.25) is 16.0 Å². The van der Waals surface area contributed by atoms with Gasteiger partial charge in [0.25, 0.3) is 0 Å². The number of nitrogens with two attached hydrogens (primary N) is 1. The Morgan fingerprint density at radius 2 is 2.00 bits per heavy atom. The molecule has 3 N–H and O–H groups in total. The highest BCUT2D eigenvalue weighted by Gasteiger charge is 2.27. The summed E-state index contributed by atoms with van der Waals surface area (Å²) in [5.74, 6) is 1.26. The summed E-state index contributed by atoms with van der Waals surface area (Å²) >= 11 is 5.91. The quantitative estimate of drug-likeness (QED) is 0.777. The molecule has 0 atom stereocenters. The molecule has 9 heteroatoms. The van der Waals surface area contributed by atoms with E-state index in [0.717, 1.165) is 25.7 Å². The third-order valence-corrected chi connectivity index (χ3v) is 5.92. The van der Waals surface area contributed by atoms with E-state index in [1.807, 2.05) is 11.9 Å². The molecule has 1 heterocycles. The molecule has 1 aliphatic carbocycles. The van der Waals surface area contributed by atoms with Crippen LogP contribution < -0.4 is 15.4 Å². The molecule has 1 aromatic rings. The molecule has 0 bridgehead atoms. The molecule has 0 unspecified atom stereocenters. The van der Waals surface area contributed by atoms with E-state index in [1.165, 1.54) is 7.05 Å². The van der Waals surface area contributed by atoms with Gasteiger partial charge in [0, 0.05) is 19.2 Å². The first-order valence-electron chi connectivity index (χ1n) is 7.25. The van der Waals surface area contributed by atoms with Gasteiger partial charge in [-0.15, -0.1) is 0 Å². The number of nitrogens with zero attached hydrogens (tertiary/aromatic N) is 3. The second kappa shape index (κ2) is 6.97. The lowest BCUT2D eigenvalue weighted by atomic mass is 9.86. The predicted molar refractivity (Wildman–Crippen MR) is 88.4 cm³/mol. The Labute approximate surface area is 136 Å². The van der Waals surface area contributed by atoms with Crippen LogP contribution in [-0.4, -0.2) is 44.3 Å². The first-order valence-corrected chi connectivity index (χ1v) is 9.28. The number of anilines is 2. The zero-order valence-electron chi connectivity index (χ0n) is 12.8. The van der Waals surface area contributed by atoms with Crippen LogP contribution in [0.2, 0.25) is 5.15 Å². The Kier molecular flexibility index (Phi) is 5.46. The van der Waals surface area contributed by atoms with Gasteiger partial charge >= 0.3 is 0 Å². The van der Waals surface area contributed by atoms with Crippen molar-refractivity contribution in [2.45, 2.75) is 31.7 Å². The van der Waals surface area contributed by atoms with Gasteiger partial charge in [0.1, 0.15) is 11.0 Å². The topological polar surface area (TPSA) is 101 Å². The lowest BCUT2D eigenvalue weighted by Gasteiger charge is -2.35. The summed E-state index contributed by atoms with van der Waals surface area (Å²) in [6.07, 6.45) is 3.60.